The van der Waals surface area contributed by atoms with Gasteiger partial charge in [0.2, 0.25) is 11.7 Å². The summed E-state index contributed by atoms with van der Waals surface area (Å²) in [7, 11) is 0. The van der Waals surface area contributed by atoms with Crippen molar-refractivity contribution in [3.05, 3.63) is 65.0 Å². The molecule has 1 fully saturated rings. The Morgan fingerprint density at radius 3 is 2.68 bits per heavy atom. The van der Waals surface area contributed by atoms with Gasteiger partial charge in [0.05, 0.1) is 11.6 Å². The van der Waals surface area contributed by atoms with Crippen LogP contribution >= 0.6 is 11.6 Å². The SMILES string of the molecule is O=C(c1ccno1)N1CC(Cc2ccc(Cl)cc2)(C(=O)NC2C=CCCC2)C1. The number of hydrogen-bond acceptors (Lipinski definition) is 4. The molecule has 1 unspecified atom stereocenters. The summed E-state index contributed by atoms with van der Waals surface area (Å²) in [5.41, 5.74) is 0.361. The summed E-state index contributed by atoms with van der Waals surface area (Å²) < 4.78 is 4.97. The molecule has 6 nitrogen and oxygen atoms in total. The van der Waals surface area contributed by atoms with Crippen LogP contribution in [-0.4, -0.2) is 41.0 Å². The van der Waals surface area contributed by atoms with Gasteiger partial charge in [-0.3, -0.25) is 9.59 Å². The van der Waals surface area contributed by atoms with E-state index in [4.69, 9.17) is 16.1 Å². The molecule has 4 rings (SSSR count). The van der Waals surface area contributed by atoms with Gasteiger partial charge in [0.15, 0.2) is 0 Å². The third-order valence-corrected chi connectivity index (χ3v) is 5.68. The molecule has 2 aromatic rings. The second-order valence-corrected chi connectivity index (χ2v) is 8.00. The summed E-state index contributed by atoms with van der Waals surface area (Å²) in [4.78, 5) is 27.3. The monoisotopic (exact) mass is 399 g/mol. The molecule has 1 saturated heterocycles. The zero-order chi connectivity index (χ0) is 19.6. The van der Waals surface area contributed by atoms with E-state index in [0.717, 1.165) is 24.8 Å². The minimum atomic E-state index is -0.658. The molecule has 1 aliphatic heterocycles. The van der Waals surface area contributed by atoms with Gasteiger partial charge in [0.25, 0.3) is 5.91 Å². The standard InChI is InChI=1S/C21H22ClN3O3/c22-16-8-6-15(7-9-16)12-21(20(27)24-17-4-2-1-3-5-17)13-25(14-21)19(26)18-10-11-23-28-18/h2,4,6-11,17H,1,3,5,12-14H2,(H,24,27). The summed E-state index contributed by atoms with van der Waals surface area (Å²) in [5, 5.41) is 7.41. The topological polar surface area (TPSA) is 75.4 Å². The molecule has 0 radical (unpaired) electrons. The van der Waals surface area contributed by atoms with Crippen LogP contribution in [0.4, 0.5) is 0 Å². The van der Waals surface area contributed by atoms with Crippen LogP contribution in [0.25, 0.3) is 0 Å². The van der Waals surface area contributed by atoms with Crippen LogP contribution in [0.15, 0.2) is 53.2 Å². The Hall–Kier alpha value is -2.60. The Bertz CT molecular complexity index is 871. The fraction of sp³-hybridized carbons (Fsp3) is 0.381. The number of allylic oxidation sites excluding steroid dienone is 1. The van der Waals surface area contributed by atoms with Crippen LogP contribution in [0, 0.1) is 5.41 Å². The first-order valence-corrected chi connectivity index (χ1v) is 9.86. The smallest absolute Gasteiger partial charge is 0.292 e. The van der Waals surface area contributed by atoms with E-state index in [1.165, 1.54) is 12.3 Å². The number of halogens is 1. The Morgan fingerprint density at radius 1 is 1.25 bits per heavy atom. The van der Waals surface area contributed by atoms with E-state index < -0.39 is 5.41 Å². The van der Waals surface area contributed by atoms with Crippen molar-refractivity contribution in [2.45, 2.75) is 31.7 Å². The minimum Gasteiger partial charge on any atom is -0.351 e. The number of carbonyl (C=O) groups is 2. The van der Waals surface area contributed by atoms with E-state index in [1.807, 2.05) is 24.3 Å². The maximum Gasteiger partial charge on any atom is 0.292 e. The van der Waals surface area contributed by atoms with E-state index >= 15 is 0 Å². The highest BCUT2D eigenvalue weighted by Gasteiger charge is 2.51. The predicted octanol–water partition coefficient (Wildman–Crippen LogP) is 3.24. The molecule has 1 N–H and O–H groups in total. The van der Waals surface area contributed by atoms with Gasteiger partial charge in [-0.25, -0.2) is 0 Å². The number of hydrogen-bond donors (Lipinski definition) is 1. The zero-order valence-corrected chi connectivity index (χ0v) is 16.2. The third-order valence-electron chi connectivity index (χ3n) is 5.43. The Labute approximate surface area is 168 Å². The highest BCUT2D eigenvalue weighted by Crippen LogP contribution is 2.36. The van der Waals surface area contributed by atoms with Crippen LogP contribution in [-0.2, 0) is 11.2 Å². The molecule has 2 heterocycles. The quantitative estimate of drug-likeness (QED) is 0.783. The van der Waals surface area contributed by atoms with E-state index in [2.05, 4.69) is 22.6 Å². The van der Waals surface area contributed by atoms with Gasteiger partial charge < -0.3 is 14.7 Å². The van der Waals surface area contributed by atoms with Crippen molar-refractivity contribution in [2.24, 2.45) is 5.41 Å². The van der Waals surface area contributed by atoms with Crippen molar-refractivity contribution in [2.75, 3.05) is 13.1 Å². The fourth-order valence-electron chi connectivity index (χ4n) is 3.89. The van der Waals surface area contributed by atoms with E-state index in [9.17, 15) is 9.59 Å². The van der Waals surface area contributed by atoms with Gasteiger partial charge in [-0.2, -0.15) is 0 Å². The molecular weight excluding hydrogens is 378 g/mol. The number of rotatable bonds is 5. The molecular formula is C21H22ClN3O3. The molecule has 1 atom stereocenters. The molecule has 0 bridgehead atoms. The average Bonchev–Trinajstić information content (AvgIpc) is 3.21. The van der Waals surface area contributed by atoms with Gasteiger partial charge in [-0.05, 0) is 43.4 Å². The van der Waals surface area contributed by atoms with E-state index in [1.54, 1.807) is 4.90 Å². The van der Waals surface area contributed by atoms with Crippen molar-refractivity contribution in [3.8, 4) is 0 Å². The second-order valence-electron chi connectivity index (χ2n) is 7.56. The molecule has 1 aromatic carbocycles. The highest BCUT2D eigenvalue weighted by atomic mass is 35.5. The number of nitrogens with one attached hydrogen (secondary N) is 1. The maximum absolute atomic E-state index is 13.2. The van der Waals surface area contributed by atoms with E-state index in [-0.39, 0.29) is 23.6 Å². The van der Waals surface area contributed by atoms with Gasteiger partial charge in [-0.1, -0.05) is 41.0 Å². The molecule has 1 aliphatic carbocycles. The fourth-order valence-corrected chi connectivity index (χ4v) is 4.02. The Morgan fingerprint density at radius 2 is 2.04 bits per heavy atom. The van der Waals surface area contributed by atoms with Gasteiger partial charge in [0, 0.05) is 30.2 Å². The Balaban J connectivity index is 1.51. The molecule has 1 aromatic heterocycles. The maximum atomic E-state index is 13.2. The lowest BCUT2D eigenvalue weighted by Crippen LogP contribution is -2.66. The zero-order valence-electron chi connectivity index (χ0n) is 15.4. The molecule has 146 valence electrons. The first kappa shape index (κ1) is 18.7. The molecule has 28 heavy (non-hydrogen) atoms. The minimum absolute atomic E-state index is 0.0133. The van der Waals surface area contributed by atoms with E-state index in [0.29, 0.717) is 24.5 Å². The highest BCUT2D eigenvalue weighted by molar-refractivity contribution is 6.30. The summed E-state index contributed by atoms with van der Waals surface area (Å²) in [6.07, 6.45) is 9.24. The van der Waals surface area contributed by atoms with Crippen LogP contribution in [0.2, 0.25) is 5.02 Å². The van der Waals surface area contributed by atoms with Crippen molar-refractivity contribution >= 4 is 23.4 Å². The van der Waals surface area contributed by atoms with Crippen LogP contribution in [0.1, 0.15) is 35.4 Å². The first-order chi connectivity index (χ1) is 13.6. The van der Waals surface area contributed by atoms with Crippen molar-refractivity contribution < 1.29 is 14.1 Å². The number of aromatic nitrogens is 1. The average molecular weight is 400 g/mol. The largest absolute Gasteiger partial charge is 0.351 e. The number of nitrogens with zero attached hydrogens (tertiary/aromatic N) is 2. The van der Waals surface area contributed by atoms with Crippen LogP contribution in [0.3, 0.4) is 0 Å². The van der Waals surface area contributed by atoms with Crippen molar-refractivity contribution in [3.63, 3.8) is 0 Å². The molecule has 0 spiro atoms. The predicted molar refractivity (Wildman–Crippen MR) is 105 cm³/mol. The lowest BCUT2D eigenvalue weighted by Gasteiger charge is -2.49. The van der Waals surface area contributed by atoms with Gasteiger partial charge in [0.1, 0.15) is 0 Å². The number of likely N-dealkylation sites (tertiary alicyclic amines) is 1. The molecule has 7 heteroatoms. The third kappa shape index (κ3) is 3.83. The summed E-state index contributed by atoms with van der Waals surface area (Å²) >= 11 is 5.99. The van der Waals surface area contributed by atoms with Crippen molar-refractivity contribution in [1.82, 2.24) is 15.4 Å². The molecule has 0 saturated carbocycles. The van der Waals surface area contributed by atoms with Crippen molar-refractivity contribution in [1.29, 1.82) is 0 Å². The van der Waals surface area contributed by atoms with Gasteiger partial charge in [-0.15, -0.1) is 0 Å². The lowest BCUT2D eigenvalue weighted by molar-refractivity contribution is -0.140. The lowest BCUT2D eigenvalue weighted by atomic mass is 9.73. The molecule has 2 aliphatic rings. The normalized spacial score (nSPS) is 20.5. The summed E-state index contributed by atoms with van der Waals surface area (Å²) in [6, 6.07) is 9.10. The number of carbonyl (C=O) groups excluding carboxylic acids is 2. The summed E-state index contributed by atoms with van der Waals surface area (Å²) in [6.45, 7) is 0.689. The molecule has 2 amide bonds. The Kier molecular flexibility index (Phi) is 5.22. The van der Waals surface area contributed by atoms with Crippen LogP contribution < -0.4 is 5.32 Å². The number of amides is 2. The second kappa shape index (κ2) is 7.80. The van der Waals surface area contributed by atoms with Gasteiger partial charge >= 0.3 is 0 Å². The van der Waals surface area contributed by atoms with Crippen LogP contribution in [0.5, 0.6) is 0 Å². The number of benzene rings is 1. The summed E-state index contributed by atoms with van der Waals surface area (Å²) in [5.74, 6) is -0.0640. The first-order valence-electron chi connectivity index (χ1n) is 9.48.